The molecule has 2 heterocycles. The lowest BCUT2D eigenvalue weighted by Crippen LogP contribution is -2.37. The van der Waals surface area contributed by atoms with Crippen LogP contribution in [0, 0.1) is 0 Å². The predicted molar refractivity (Wildman–Crippen MR) is 108 cm³/mol. The molecule has 0 aliphatic rings. The fourth-order valence-corrected chi connectivity index (χ4v) is 5.93. The zero-order valence-electron chi connectivity index (χ0n) is 15.4. The summed E-state index contributed by atoms with van der Waals surface area (Å²) in [5.74, 6) is -0.520. The maximum atomic E-state index is 12.9. The van der Waals surface area contributed by atoms with Gasteiger partial charge in [-0.05, 0) is 29.0 Å². The van der Waals surface area contributed by atoms with Crippen molar-refractivity contribution in [3.63, 3.8) is 0 Å². The van der Waals surface area contributed by atoms with Crippen LogP contribution >= 0.6 is 0 Å². The molecule has 0 saturated carbocycles. The second kappa shape index (κ2) is 8.04. The zero-order chi connectivity index (χ0) is 22.1. The molecule has 1 unspecified atom stereocenters. The summed E-state index contributed by atoms with van der Waals surface area (Å²) in [5, 5.41) is 18.7. The van der Waals surface area contributed by atoms with Gasteiger partial charge in [-0.2, -0.15) is 5.21 Å². The number of hydrogen-bond acceptors (Lipinski definition) is 11. The Labute approximate surface area is 171 Å². The molecule has 1 aromatic carbocycles. The van der Waals surface area contributed by atoms with E-state index in [0.29, 0.717) is 5.56 Å². The number of pyridine rings is 1. The molecule has 13 nitrogen and oxygen atoms in total. The first-order valence-corrected chi connectivity index (χ1v) is 11.6. The minimum Gasteiger partial charge on any atom is -0.384 e. The Hall–Kier alpha value is -2.98. The van der Waals surface area contributed by atoms with E-state index in [-0.39, 0.29) is 29.3 Å². The lowest BCUT2D eigenvalue weighted by atomic mass is 10.0. The van der Waals surface area contributed by atoms with E-state index >= 15 is 0 Å². The van der Waals surface area contributed by atoms with Crippen molar-refractivity contribution in [2.24, 2.45) is 16.6 Å². The summed E-state index contributed by atoms with van der Waals surface area (Å²) in [5.41, 5.74) is 17.2. The summed E-state index contributed by atoms with van der Waals surface area (Å²) in [6.45, 7) is -0.114. The number of tetrazole rings is 1. The molecule has 0 aliphatic carbocycles. The highest BCUT2D eigenvalue weighted by Crippen LogP contribution is 2.38. The van der Waals surface area contributed by atoms with Gasteiger partial charge in [0.05, 0.1) is 16.2 Å². The Morgan fingerprint density at radius 2 is 1.83 bits per heavy atom. The quantitative estimate of drug-likeness (QED) is 0.268. The fraction of sp³-hybridized carbons (Fsp3) is 0.200. The van der Waals surface area contributed by atoms with Crippen molar-refractivity contribution in [1.82, 2.24) is 25.6 Å². The third kappa shape index (κ3) is 4.29. The first kappa shape index (κ1) is 21.7. The topological polar surface area (TPSA) is 240 Å². The number of H-pyrrole nitrogens is 1. The van der Waals surface area contributed by atoms with Crippen LogP contribution in [0.4, 0.5) is 5.82 Å². The van der Waals surface area contributed by atoms with Crippen LogP contribution in [0.5, 0.6) is 0 Å². The maximum absolute atomic E-state index is 12.9. The van der Waals surface area contributed by atoms with Crippen molar-refractivity contribution in [3.8, 4) is 22.5 Å². The average molecular weight is 454 g/mol. The Morgan fingerprint density at radius 3 is 2.37 bits per heavy atom. The molecular formula is C15H19N9O4S2. The van der Waals surface area contributed by atoms with Gasteiger partial charge in [0.25, 0.3) is 0 Å². The molecule has 3 aromatic rings. The number of nitrogens with one attached hydrogen (secondary N) is 1. The highest BCUT2D eigenvalue weighted by atomic mass is 32.2. The van der Waals surface area contributed by atoms with Gasteiger partial charge in [0, 0.05) is 24.3 Å². The van der Waals surface area contributed by atoms with Gasteiger partial charge in [0.15, 0.2) is 9.84 Å². The summed E-state index contributed by atoms with van der Waals surface area (Å²) < 4.78 is 51.0. The number of nitrogen functional groups attached to an aromatic ring is 1. The zero-order valence-corrected chi connectivity index (χ0v) is 17.1. The second-order valence-electron chi connectivity index (χ2n) is 6.34. The van der Waals surface area contributed by atoms with Gasteiger partial charge >= 0.3 is 0 Å². The van der Waals surface area contributed by atoms with Crippen LogP contribution in [0.25, 0.3) is 22.5 Å². The molecule has 0 saturated heterocycles. The third-order valence-electron chi connectivity index (χ3n) is 4.14. The number of aromatic amines is 1. The number of anilines is 1. The first-order valence-electron chi connectivity index (χ1n) is 8.38. The highest BCUT2D eigenvalue weighted by molar-refractivity contribution is 7.93. The molecule has 0 aliphatic heterocycles. The van der Waals surface area contributed by atoms with Crippen molar-refractivity contribution in [3.05, 3.63) is 30.5 Å². The molecule has 0 spiro atoms. The SMILES string of the molecule is NCC(N)CS(=O)(=O)c1ccc(-c2ccc(N)nc2)c(-c2nn[nH]n2)c1S(N)(=O)=O. The van der Waals surface area contributed by atoms with Crippen LogP contribution in [0.1, 0.15) is 0 Å². The van der Waals surface area contributed by atoms with Gasteiger partial charge in [0.2, 0.25) is 15.8 Å². The molecule has 2 aromatic heterocycles. The van der Waals surface area contributed by atoms with Crippen molar-refractivity contribution < 1.29 is 16.8 Å². The number of hydrogen-bond donors (Lipinski definition) is 5. The highest BCUT2D eigenvalue weighted by Gasteiger charge is 2.32. The predicted octanol–water partition coefficient (Wildman–Crippen LogP) is -1.78. The van der Waals surface area contributed by atoms with Crippen LogP contribution in [-0.4, -0.2) is 60.8 Å². The standard InChI is InChI=1S/C15H19N9O4S2/c16-5-9(17)7-29(25,26)11-3-2-10(8-1-4-12(18)20-6-8)13(14(11)30(19,27)28)15-21-23-24-22-15/h1-4,6,9H,5,7,16-17H2,(H2,18,20)(H2,19,27,28)(H,21,22,23,24). The molecule has 1 atom stereocenters. The smallest absolute Gasteiger partial charge is 0.240 e. The van der Waals surface area contributed by atoms with Crippen molar-refractivity contribution in [2.75, 3.05) is 18.0 Å². The van der Waals surface area contributed by atoms with Gasteiger partial charge in [-0.15, -0.1) is 10.2 Å². The van der Waals surface area contributed by atoms with Crippen LogP contribution < -0.4 is 22.3 Å². The van der Waals surface area contributed by atoms with E-state index in [2.05, 4.69) is 25.6 Å². The van der Waals surface area contributed by atoms with Crippen LogP contribution in [0.2, 0.25) is 0 Å². The summed E-state index contributed by atoms with van der Waals surface area (Å²) in [4.78, 5) is 2.76. The average Bonchev–Trinajstić information content (AvgIpc) is 3.21. The van der Waals surface area contributed by atoms with Crippen molar-refractivity contribution in [1.29, 1.82) is 0 Å². The number of nitrogens with zero attached hydrogens (tertiary/aromatic N) is 4. The Kier molecular flexibility index (Phi) is 5.82. The van der Waals surface area contributed by atoms with E-state index in [1.165, 1.54) is 18.3 Å². The second-order valence-corrected chi connectivity index (χ2v) is 9.85. The molecule has 3 rings (SSSR count). The molecule has 160 valence electrons. The number of rotatable bonds is 7. The van der Waals surface area contributed by atoms with Gasteiger partial charge in [0.1, 0.15) is 10.7 Å². The number of sulfonamides is 1. The lowest BCUT2D eigenvalue weighted by molar-refractivity contribution is 0.578. The van der Waals surface area contributed by atoms with E-state index in [1.54, 1.807) is 6.07 Å². The number of sulfone groups is 1. The van der Waals surface area contributed by atoms with E-state index in [4.69, 9.17) is 22.3 Å². The normalized spacial score (nSPS) is 13.3. The summed E-state index contributed by atoms with van der Waals surface area (Å²) >= 11 is 0. The number of primary sulfonamides is 1. The van der Waals surface area contributed by atoms with Crippen molar-refractivity contribution in [2.45, 2.75) is 15.8 Å². The molecule has 0 amide bonds. The summed E-state index contributed by atoms with van der Waals surface area (Å²) in [6, 6.07) is 4.70. The molecule has 0 fully saturated rings. The van der Waals surface area contributed by atoms with Crippen LogP contribution in [0.3, 0.4) is 0 Å². The number of aromatic nitrogens is 5. The molecular weight excluding hydrogens is 434 g/mol. The third-order valence-corrected chi connectivity index (χ3v) is 7.14. The van der Waals surface area contributed by atoms with Gasteiger partial charge in [-0.3, -0.25) is 0 Å². The van der Waals surface area contributed by atoms with Gasteiger partial charge in [-0.1, -0.05) is 6.07 Å². The molecule has 15 heteroatoms. The molecule has 30 heavy (non-hydrogen) atoms. The Bertz CT molecular complexity index is 1260. The maximum Gasteiger partial charge on any atom is 0.240 e. The van der Waals surface area contributed by atoms with E-state index in [1.807, 2.05) is 0 Å². The van der Waals surface area contributed by atoms with E-state index < -0.39 is 41.4 Å². The summed E-state index contributed by atoms with van der Waals surface area (Å²) in [6.07, 6.45) is 1.39. The first-order chi connectivity index (χ1) is 14.0. The van der Waals surface area contributed by atoms with Gasteiger partial charge in [-0.25, -0.2) is 27.0 Å². The summed E-state index contributed by atoms with van der Waals surface area (Å²) in [7, 11) is -8.76. The Morgan fingerprint density at radius 1 is 1.10 bits per heavy atom. The van der Waals surface area contributed by atoms with Crippen LogP contribution in [-0.2, 0) is 19.9 Å². The minimum atomic E-state index is -4.57. The largest absolute Gasteiger partial charge is 0.384 e. The fourth-order valence-electron chi connectivity index (χ4n) is 2.83. The molecule has 0 bridgehead atoms. The molecule has 0 radical (unpaired) electrons. The number of nitrogens with two attached hydrogens (primary N) is 4. The Balaban J connectivity index is 2.40. The van der Waals surface area contributed by atoms with Crippen molar-refractivity contribution >= 4 is 25.7 Å². The van der Waals surface area contributed by atoms with E-state index in [9.17, 15) is 16.8 Å². The monoisotopic (exact) mass is 453 g/mol. The van der Waals surface area contributed by atoms with E-state index in [0.717, 1.165) is 6.07 Å². The van der Waals surface area contributed by atoms with Gasteiger partial charge < -0.3 is 17.2 Å². The lowest BCUT2D eigenvalue weighted by Gasteiger charge is -2.17. The molecule has 9 N–H and O–H groups in total. The number of benzene rings is 1. The minimum absolute atomic E-state index is 0.114. The van der Waals surface area contributed by atoms with Crippen LogP contribution in [0.15, 0.2) is 40.3 Å².